The molecule has 0 bridgehead atoms. The molecule has 0 amide bonds. The highest BCUT2D eigenvalue weighted by molar-refractivity contribution is 5.13. The van der Waals surface area contributed by atoms with Gasteiger partial charge in [-0.3, -0.25) is 0 Å². The number of hydrogen-bond donors (Lipinski definition) is 0. The van der Waals surface area contributed by atoms with E-state index >= 15 is 0 Å². The van der Waals surface area contributed by atoms with Gasteiger partial charge >= 0.3 is 0 Å². The molecule has 0 unspecified atom stereocenters. The largest absolute Gasteiger partial charge is 0.225 e. The van der Waals surface area contributed by atoms with E-state index in [2.05, 4.69) is 11.9 Å². The molecule has 1 nitrogen and oxygen atoms in total. The van der Waals surface area contributed by atoms with Crippen LogP contribution in [0.25, 0.3) is 0 Å². The summed E-state index contributed by atoms with van der Waals surface area (Å²) in [4.78, 5) is 3.84. The molecule has 1 rings (SSSR count). The molecule has 66 valence electrons. The lowest BCUT2D eigenvalue weighted by Gasteiger charge is -2.00. The van der Waals surface area contributed by atoms with Crippen LogP contribution in [0.3, 0.4) is 0 Å². The average molecular weight is 167 g/mol. The van der Waals surface area contributed by atoms with Gasteiger partial charge in [-0.25, -0.2) is 4.98 Å². The first-order valence-corrected chi connectivity index (χ1v) is 4.36. The van der Waals surface area contributed by atoms with Crippen LogP contribution in [-0.4, -0.2) is 4.98 Å². The molecule has 0 fully saturated rings. The van der Waals surface area contributed by atoms with Crippen molar-refractivity contribution in [1.29, 1.82) is 0 Å². The van der Waals surface area contributed by atoms with Crippen LogP contribution in [0.5, 0.6) is 0 Å². The summed E-state index contributed by atoms with van der Waals surface area (Å²) in [5, 5.41) is 0. The summed E-state index contributed by atoms with van der Waals surface area (Å²) in [5.74, 6) is -0.330. The Labute approximate surface area is 72.6 Å². The standard InChI is InChI=1S/C10H14FN/c1-3-4-5-9-7-6-8(2)10(11)12-9/h6-7H,3-5H2,1-2H3. The number of aryl methyl sites for hydroxylation is 2. The van der Waals surface area contributed by atoms with Gasteiger partial charge in [-0.15, -0.1) is 0 Å². The molecule has 0 spiro atoms. The van der Waals surface area contributed by atoms with E-state index in [1.807, 2.05) is 6.07 Å². The number of pyridine rings is 1. The Morgan fingerprint density at radius 1 is 1.42 bits per heavy atom. The molecule has 0 aliphatic carbocycles. The fourth-order valence-corrected chi connectivity index (χ4v) is 1.04. The summed E-state index contributed by atoms with van der Waals surface area (Å²) in [5.41, 5.74) is 1.48. The van der Waals surface area contributed by atoms with E-state index in [0.717, 1.165) is 25.0 Å². The highest BCUT2D eigenvalue weighted by Crippen LogP contribution is 2.06. The van der Waals surface area contributed by atoms with E-state index in [1.54, 1.807) is 13.0 Å². The minimum atomic E-state index is -0.330. The molecule has 0 aromatic carbocycles. The fraction of sp³-hybridized carbons (Fsp3) is 0.500. The SMILES string of the molecule is CCCCc1ccc(C)c(F)n1. The molecule has 1 heterocycles. The van der Waals surface area contributed by atoms with E-state index in [4.69, 9.17) is 0 Å². The molecule has 0 aliphatic heterocycles. The predicted molar refractivity (Wildman–Crippen MR) is 47.5 cm³/mol. The van der Waals surface area contributed by atoms with Crippen LogP contribution in [0, 0.1) is 12.9 Å². The first-order valence-electron chi connectivity index (χ1n) is 4.36. The zero-order chi connectivity index (χ0) is 8.97. The van der Waals surface area contributed by atoms with E-state index < -0.39 is 0 Å². The van der Waals surface area contributed by atoms with Gasteiger partial charge in [0.25, 0.3) is 0 Å². The summed E-state index contributed by atoms with van der Waals surface area (Å²) in [6, 6.07) is 3.68. The molecule has 0 radical (unpaired) electrons. The van der Waals surface area contributed by atoms with Gasteiger partial charge in [0.2, 0.25) is 5.95 Å². The van der Waals surface area contributed by atoms with Crippen molar-refractivity contribution in [2.75, 3.05) is 0 Å². The molecule has 0 saturated carbocycles. The summed E-state index contributed by atoms with van der Waals surface area (Å²) in [6.07, 6.45) is 3.08. The van der Waals surface area contributed by atoms with Crippen LogP contribution in [0.4, 0.5) is 4.39 Å². The van der Waals surface area contributed by atoms with Crippen molar-refractivity contribution in [1.82, 2.24) is 4.98 Å². The fourth-order valence-electron chi connectivity index (χ4n) is 1.04. The van der Waals surface area contributed by atoms with Gasteiger partial charge < -0.3 is 0 Å². The van der Waals surface area contributed by atoms with E-state index in [1.165, 1.54) is 0 Å². The summed E-state index contributed by atoms with van der Waals surface area (Å²) < 4.78 is 12.9. The lowest BCUT2D eigenvalue weighted by Crippen LogP contribution is -1.94. The Balaban J connectivity index is 2.69. The van der Waals surface area contributed by atoms with Crippen LogP contribution in [0.15, 0.2) is 12.1 Å². The maximum absolute atomic E-state index is 12.9. The second-order valence-electron chi connectivity index (χ2n) is 3.01. The third-order valence-corrected chi connectivity index (χ3v) is 1.88. The quantitative estimate of drug-likeness (QED) is 0.631. The number of halogens is 1. The molecule has 1 aromatic heterocycles. The zero-order valence-corrected chi connectivity index (χ0v) is 7.60. The van der Waals surface area contributed by atoms with Crippen molar-refractivity contribution in [3.63, 3.8) is 0 Å². The Kier molecular flexibility index (Phi) is 3.20. The van der Waals surface area contributed by atoms with Crippen LogP contribution >= 0.6 is 0 Å². The maximum atomic E-state index is 12.9. The molecule has 0 N–H and O–H groups in total. The number of aromatic nitrogens is 1. The topological polar surface area (TPSA) is 12.9 Å². The highest BCUT2D eigenvalue weighted by Gasteiger charge is 1.99. The Morgan fingerprint density at radius 2 is 2.17 bits per heavy atom. The molecule has 0 aliphatic rings. The lowest BCUT2D eigenvalue weighted by molar-refractivity contribution is 0.565. The summed E-state index contributed by atoms with van der Waals surface area (Å²) in [7, 11) is 0. The van der Waals surface area contributed by atoms with Crippen molar-refractivity contribution in [3.8, 4) is 0 Å². The summed E-state index contributed by atoms with van der Waals surface area (Å²) >= 11 is 0. The van der Waals surface area contributed by atoms with Crippen molar-refractivity contribution in [2.45, 2.75) is 33.1 Å². The number of nitrogens with zero attached hydrogens (tertiary/aromatic N) is 1. The van der Waals surface area contributed by atoms with E-state index in [0.29, 0.717) is 5.56 Å². The Hall–Kier alpha value is -0.920. The monoisotopic (exact) mass is 167 g/mol. The molecule has 12 heavy (non-hydrogen) atoms. The molecule has 0 atom stereocenters. The summed E-state index contributed by atoms with van der Waals surface area (Å²) in [6.45, 7) is 3.84. The second-order valence-corrected chi connectivity index (χ2v) is 3.01. The number of unbranched alkanes of at least 4 members (excludes halogenated alkanes) is 1. The third kappa shape index (κ3) is 2.29. The third-order valence-electron chi connectivity index (χ3n) is 1.88. The van der Waals surface area contributed by atoms with Gasteiger partial charge in [0.05, 0.1) is 0 Å². The van der Waals surface area contributed by atoms with Gasteiger partial charge in [-0.1, -0.05) is 19.4 Å². The Bertz CT molecular complexity index is 258. The average Bonchev–Trinajstić information content (AvgIpc) is 2.07. The van der Waals surface area contributed by atoms with Gasteiger partial charge in [0.15, 0.2) is 0 Å². The minimum Gasteiger partial charge on any atom is -0.225 e. The maximum Gasteiger partial charge on any atom is 0.215 e. The first kappa shape index (κ1) is 9.17. The molecule has 2 heteroatoms. The van der Waals surface area contributed by atoms with Gasteiger partial charge in [-0.2, -0.15) is 4.39 Å². The van der Waals surface area contributed by atoms with Crippen LogP contribution in [0.2, 0.25) is 0 Å². The highest BCUT2D eigenvalue weighted by atomic mass is 19.1. The van der Waals surface area contributed by atoms with Crippen molar-refractivity contribution in [2.24, 2.45) is 0 Å². The van der Waals surface area contributed by atoms with Gasteiger partial charge in [-0.05, 0) is 25.8 Å². The lowest BCUT2D eigenvalue weighted by atomic mass is 10.2. The zero-order valence-electron chi connectivity index (χ0n) is 7.60. The van der Waals surface area contributed by atoms with Gasteiger partial charge in [0.1, 0.15) is 0 Å². The molecular formula is C10H14FN. The number of hydrogen-bond acceptors (Lipinski definition) is 1. The van der Waals surface area contributed by atoms with Crippen LogP contribution in [0.1, 0.15) is 31.0 Å². The molecular weight excluding hydrogens is 153 g/mol. The van der Waals surface area contributed by atoms with E-state index in [9.17, 15) is 4.39 Å². The van der Waals surface area contributed by atoms with Crippen molar-refractivity contribution >= 4 is 0 Å². The van der Waals surface area contributed by atoms with Crippen molar-refractivity contribution in [3.05, 3.63) is 29.3 Å². The Morgan fingerprint density at radius 3 is 2.75 bits per heavy atom. The predicted octanol–water partition coefficient (Wildman–Crippen LogP) is 2.87. The van der Waals surface area contributed by atoms with Crippen LogP contribution < -0.4 is 0 Å². The smallest absolute Gasteiger partial charge is 0.215 e. The first-order chi connectivity index (χ1) is 5.74. The second kappa shape index (κ2) is 4.19. The van der Waals surface area contributed by atoms with Gasteiger partial charge in [0, 0.05) is 11.3 Å². The number of rotatable bonds is 3. The molecule has 1 aromatic rings. The van der Waals surface area contributed by atoms with Crippen molar-refractivity contribution < 1.29 is 4.39 Å². The van der Waals surface area contributed by atoms with E-state index in [-0.39, 0.29) is 5.95 Å². The normalized spacial score (nSPS) is 10.2. The van der Waals surface area contributed by atoms with Crippen LogP contribution in [-0.2, 0) is 6.42 Å². The molecule has 0 saturated heterocycles. The minimum absolute atomic E-state index is 0.330.